The standard InChI is InChI=1S/C64H82FN9O10/c1-6-83-55-38-49(82-5)26-25-48(55)41-74(63(81)84-64(2,3)4)42-57(76)73-30-16-21-47(40-73)45-19-15-20-46(37-45)59(77)68-58(44-17-9-7-10-18-44)61(79)67-29-14-8-13-28-66-39-56(75)71-31-33-72(34-32-71)62(80)52-35-43(24-27-53(52)65)36-54-50-22-11-12-23-51(50)60(78)70-69-54/h11-12,15,19-20,22-27,35,37-38,44,47,58,66H,6-10,13-14,16-18,21,28-34,36,39-42H2,1-5H3,(H,67,79)(H,68,77)(H,70,78)/t47?,58-/m1/s1. The van der Waals surface area contributed by atoms with Crippen LogP contribution in [0.4, 0.5) is 9.18 Å². The van der Waals surface area contributed by atoms with Crippen LogP contribution in [0.5, 0.6) is 11.5 Å². The zero-order chi connectivity index (χ0) is 59.8. The van der Waals surface area contributed by atoms with E-state index in [0.717, 1.165) is 63.4 Å². The summed E-state index contributed by atoms with van der Waals surface area (Å²) >= 11 is 0. The Balaban J connectivity index is 0.765. The van der Waals surface area contributed by atoms with Gasteiger partial charge < -0.3 is 44.9 Å². The number of fused-ring (bicyclic) bond motifs is 1. The van der Waals surface area contributed by atoms with E-state index in [1.54, 1.807) is 79.0 Å². The van der Waals surface area contributed by atoms with Crippen molar-refractivity contribution in [3.05, 3.63) is 135 Å². The maximum absolute atomic E-state index is 15.1. The topological polar surface area (TPSA) is 225 Å². The molecule has 8 rings (SSSR count). The first-order valence-corrected chi connectivity index (χ1v) is 29.7. The number of ether oxygens (including phenoxy) is 3. The molecule has 0 radical (unpaired) electrons. The van der Waals surface area contributed by atoms with E-state index >= 15 is 4.39 Å². The van der Waals surface area contributed by atoms with Gasteiger partial charge in [-0.15, -0.1) is 0 Å². The molecule has 1 aromatic heterocycles. The van der Waals surface area contributed by atoms with Crippen LogP contribution in [0, 0.1) is 11.7 Å². The summed E-state index contributed by atoms with van der Waals surface area (Å²) in [5, 5.41) is 17.4. The van der Waals surface area contributed by atoms with Crippen molar-refractivity contribution in [1.82, 2.24) is 45.7 Å². The third kappa shape index (κ3) is 16.9. The van der Waals surface area contributed by atoms with Gasteiger partial charge in [0, 0.05) is 80.7 Å². The van der Waals surface area contributed by atoms with Crippen molar-refractivity contribution in [2.24, 2.45) is 5.92 Å². The summed E-state index contributed by atoms with van der Waals surface area (Å²) in [7, 11) is 1.57. The van der Waals surface area contributed by atoms with Gasteiger partial charge in [-0.1, -0.05) is 62.1 Å². The second-order valence-electron chi connectivity index (χ2n) is 23.1. The first-order chi connectivity index (χ1) is 40.5. The smallest absolute Gasteiger partial charge is 0.411 e. The Morgan fingerprint density at radius 2 is 1.55 bits per heavy atom. The molecule has 450 valence electrons. The Kier molecular flexibility index (Phi) is 21.9. The first kappa shape index (κ1) is 62.2. The van der Waals surface area contributed by atoms with Crippen molar-refractivity contribution < 1.29 is 47.4 Å². The Hall–Kier alpha value is -7.87. The number of hydrogen-bond acceptors (Lipinski definition) is 12. The average molecular weight is 1160 g/mol. The van der Waals surface area contributed by atoms with Crippen LogP contribution >= 0.6 is 0 Å². The monoisotopic (exact) mass is 1160 g/mol. The number of carbonyl (C=O) groups excluding carboxylic acids is 6. The summed E-state index contributed by atoms with van der Waals surface area (Å²) in [5.41, 5.74) is 2.20. The minimum absolute atomic E-state index is 0.00480. The highest BCUT2D eigenvalue weighted by Crippen LogP contribution is 2.31. The first-order valence-electron chi connectivity index (χ1n) is 29.7. The number of nitrogens with zero attached hydrogens (tertiary/aromatic N) is 5. The quantitative estimate of drug-likeness (QED) is 0.0461. The maximum atomic E-state index is 15.1. The van der Waals surface area contributed by atoms with Crippen LogP contribution in [0.25, 0.3) is 10.8 Å². The number of piperazine rings is 1. The second kappa shape index (κ2) is 29.6. The lowest BCUT2D eigenvalue weighted by Crippen LogP contribution is -2.52. The highest BCUT2D eigenvalue weighted by molar-refractivity contribution is 5.98. The second-order valence-corrected chi connectivity index (χ2v) is 23.1. The molecule has 6 amide bonds. The molecule has 19 nitrogen and oxygen atoms in total. The summed E-state index contributed by atoms with van der Waals surface area (Å²) < 4.78 is 32.1. The number of H-pyrrole nitrogens is 1. The minimum Gasteiger partial charge on any atom is -0.497 e. The molecule has 84 heavy (non-hydrogen) atoms. The molecule has 1 aliphatic carbocycles. The van der Waals surface area contributed by atoms with Gasteiger partial charge in [-0.25, -0.2) is 14.3 Å². The van der Waals surface area contributed by atoms with E-state index in [1.807, 2.05) is 43.3 Å². The number of aromatic amines is 1. The molecular formula is C64H82FN9O10. The van der Waals surface area contributed by atoms with Gasteiger partial charge in [-0.2, -0.15) is 5.10 Å². The molecule has 3 aliphatic rings. The number of benzene rings is 4. The summed E-state index contributed by atoms with van der Waals surface area (Å²) in [6, 6.07) is 23.6. The molecule has 20 heteroatoms. The number of likely N-dealkylation sites (tertiary alicyclic amines) is 1. The number of aromatic nitrogens is 2. The van der Waals surface area contributed by atoms with Crippen LogP contribution in [0.15, 0.2) is 89.7 Å². The van der Waals surface area contributed by atoms with Gasteiger partial charge in [0.2, 0.25) is 17.7 Å². The Morgan fingerprint density at radius 1 is 0.798 bits per heavy atom. The van der Waals surface area contributed by atoms with Crippen LogP contribution in [0.1, 0.15) is 141 Å². The van der Waals surface area contributed by atoms with Gasteiger partial charge in [0.25, 0.3) is 17.4 Å². The summed E-state index contributed by atoms with van der Waals surface area (Å²) in [4.78, 5) is 101. The predicted molar refractivity (Wildman–Crippen MR) is 317 cm³/mol. The number of piperidine rings is 1. The molecule has 3 heterocycles. The number of halogens is 1. The molecule has 1 unspecified atom stereocenters. The molecule has 1 saturated carbocycles. The van der Waals surface area contributed by atoms with E-state index in [0.29, 0.717) is 97.0 Å². The molecule has 0 spiro atoms. The van der Waals surface area contributed by atoms with Crippen molar-refractivity contribution in [1.29, 1.82) is 0 Å². The lowest BCUT2D eigenvalue weighted by Gasteiger charge is -2.35. The average Bonchev–Trinajstić information content (AvgIpc) is 2.61. The lowest BCUT2D eigenvalue weighted by atomic mass is 9.83. The normalized spacial score (nSPS) is 16.2. The highest BCUT2D eigenvalue weighted by Gasteiger charge is 2.34. The van der Waals surface area contributed by atoms with Gasteiger partial charge in [0.05, 0.1) is 43.4 Å². The van der Waals surface area contributed by atoms with E-state index in [9.17, 15) is 33.6 Å². The number of hydrogen-bond donors (Lipinski definition) is 4. The Morgan fingerprint density at radius 3 is 2.30 bits per heavy atom. The van der Waals surface area contributed by atoms with Crippen LogP contribution in [-0.4, -0.2) is 156 Å². The molecule has 4 N–H and O–H groups in total. The van der Waals surface area contributed by atoms with Gasteiger partial charge in [-0.05, 0) is 132 Å². The van der Waals surface area contributed by atoms with Crippen molar-refractivity contribution in [3.63, 3.8) is 0 Å². The largest absolute Gasteiger partial charge is 0.497 e. The number of methoxy groups -OCH3 is 1. The number of unbranched alkanes of at least 4 members (excludes halogenated alkanes) is 2. The molecule has 2 saturated heterocycles. The van der Waals surface area contributed by atoms with E-state index in [4.69, 9.17) is 14.2 Å². The Bertz CT molecular complexity index is 3170. The van der Waals surface area contributed by atoms with Crippen molar-refractivity contribution in [2.75, 3.05) is 79.2 Å². The third-order valence-corrected chi connectivity index (χ3v) is 15.9. The number of amides is 6. The summed E-state index contributed by atoms with van der Waals surface area (Å²) in [6.45, 7) is 10.8. The van der Waals surface area contributed by atoms with Crippen LogP contribution in [-0.2, 0) is 32.1 Å². The number of nitrogens with one attached hydrogen (secondary N) is 4. The van der Waals surface area contributed by atoms with E-state index < -0.39 is 29.5 Å². The van der Waals surface area contributed by atoms with Gasteiger partial charge in [0.1, 0.15) is 35.5 Å². The van der Waals surface area contributed by atoms with Crippen LogP contribution in [0.2, 0.25) is 0 Å². The number of carbonyl (C=O) groups is 6. The van der Waals surface area contributed by atoms with E-state index in [2.05, 4.69) is 26.1 Å². The number of rotatable bonds is 23. The fraction of sp³-hybridized carbons (Fsp3) is 0.500. The van der Waals surface area contributed by atoms with Crippen molar-refractivity contribution in [3.8, 4) is 11.5 Å². The lowest BCUT2D eigenvalue weighted by molar-refractivity contribution is -0.134. The summed E-state index contributed by atoms with van der Waals surface area (Å²) in [6.07, 6.45) is 8.26. The molecule has 5 aromatic rings. The van der Waals surface area contributed by atoms with Crippen molar-refractivity contribution >= 4 is 46.4 Å². The zero-order valence-electron chi connectivity index (χ0n) is 49.3. The minimum atomic E-state index is -0.786. The molecule has 2 atom stereocenters. The van der Waals surface area contributed by atoms with Crippen LogP contribution in [0.3, 0.4) is 0 Å². The molecule has 3 fully saturated rings. The van der Waals surface area contributed by atoms with Gasteiger partial charge in [0.15, 0.2) is 0 Å². The predicted octanol–water partition coefficient (Wildman–Crippen LogP) is 7.74. The zero-order valence-corrected chi connectivity index (χ0v) is 49.3. The molecule has 2 aliphatic heterocycles. The highest BCUT2D eigenvalue weighted by atomic mass is 19.1. The molecular weight excluding hydrogens is 1070 g/mol. The van der Waals surface area contributed by atoms with Crippen LogP contribution < -0.4 is 31.0 Å². The molecule has 4 aromatic carbocycles. The maximum Gasteiger partial charge on any atom is 0.411 e. The SMILES string of the molecule is CCOc1cc(OC)ccc1CN(CC(=O)N1CCCC(c2cccc(C(=O)N[C@@H](C(=O)NCCCCCNCC(=O)N3CCN(C(=O)c4cc(Cc5n[nH]c(=O)c6ccccc56)ccc4F)CC3)C3CCCCC3)c2)C1)C(=O)OC(C)(C)C. The van der Waals surface area contributed by atoms with E-state index in [1.165, 1.54) is 17.0 Å². The van der Waals surface area contributed by atoms with Crippen molar-refractivity contribution in [2.45, 2.75) is 122 Å². The Labute approximate surface area is 491 Å². The third-order valence-electron chi connectivity index (χ3n) is 15.9. The van der Waals surface area contributed by atoms with Gasteiger partial charge in [-0.3, -0.25) is 33.7 Å². The fourth-order valence-electron chi connectivity index (χ4n) is 11.4. The van der Waals surface area contributed by atoms with Gasteiger partial charge >= 0.3 is 6.09 Å². The molecule has 0 bridgehead atoms. The van der Waals surface area contributed by atoms with E-state index in [-0.39, 0.29) is 85.7 Å². The summed E-state index contributed by atoms with van der Waals surface area (Å²) in [5.74, 6) is -0.811. The fourth-order valence-corrected chi connectivity index (χ4v) is 11.4.